The molecule has 3 rings (SSSR count). The average Bonchev–Trinajstić information content (AvgIpc) is 2.97. The van der Waals surface area contributed by atoms with E-state index in [1.54, 1.807) is 6.07 Å². The summed E-state index contributed by atoms with van der Waals surface area (Å²) >= 11 is 0. The predicted octanol–water partition coefficient (Wildman–Crippen LogP) is 2.80. The molecule has 0 saturated heterocycles. The molecule has 130 valence electrons. The number of hydrogen-bond donors (Lipinski definition) is 3. The molecule has 0 unspecified atom stereocenters. The van der Waals surface area contributed by atoms with Gasteiger partial charge in [-0.05, 0) is 50.6 Å². The van der Waals surface area contributed by atoms with Gasteiger partial charge in [0.2, 0.25) is 0 Å². The van der Waals surface area contributed by atoms with E-state index in [2.05, 4.69) is 15.3 Å². The molecule has 6 nitrogen and oxygen atoms in total. The van der Waals surface area contributed by atoms with Crippen LogP contribution >= 0.6 is 0 Å². The van der Waals surface area contributed by atoms with Crippen molar-refractivity contribution in [3.63, 3.8) is 0 Å². The van der Waals surface area contributed by atoms with Crippen LogP contribution in [0.15, 0.2) is 35.1 Å². The SMILES string of the molecule is CCOc1ccc2cc(C(=O)NCc3c(C)cc(C)[nH]c3=O)[nH]c2c1. The summed E-state index contributed by atoms with van der Waals surface area (Å²) < 4.78 is 5.47. The van der Waals surface area contributed by atoms with E-state index in [1.807, 2.05) is 45.0 Å². The number of carbonyl (C=O) groups is 1. The van der Waals surface area contributed by atoms with Crippen molar-refractivity contribution in [3.05, 3.63) is 63.2 Å². The zero-order valence-electron chi connectivity index (χ0n) is 14.5. The number of aromatic amines is 2. The van der Waals surface area contributed by atoms with Gasteiger partial charge in [-0.3, -0.25) is 9.59 Å². The topological polar surface area (TPSA) is 87.0 Å². The first kappa shape index (κ1) is 16.8. The minimum atomic E-state index is -0.256. The molecule has 0 fully saturated rings. The fourth-order valence-electron chi connectivity index (χ4n) is 2.85. The van der Waals surface area contributed by atoms with Gasteiger partial charge in [-0.25, -0.2) is 0 Å². The Balaban J connectivity index is 1.77. The van der Waals surface area contributed by atoms with Crippen LogP contribution in [-0.4, -0.2) is 22.5 Å². The van der Waals surface area contributed by atoms with Crippen LogP contribution in [0.5, 0.6) is 5.75 Å². The average molecular weight is 339 g/mol. The lowest BCUT2D eigenvalue weighted by atomic mass is 10.1. The number of H-pyrrole nitrogens is 2. The lowest BCUT2D eigenvalue weighted by Gasteiger charge is -2.07. The van der Waals surface area contributed by atoms with Gasteiger partial charge in [0, 0.05) is 34.8 Å². The molecule has 0 atom stereocenters. The summed E-state index contributed by atoms with van der Waals surface area (Å²) in [5.74, 6) is 0.499. The molecule has 0 aliphatic heterocycles. The van der Waals surface area contributed by atoms with Crippen molar-refractivity contribution in [2.24, 2.45) is 0 Å². The van der Waals surface area contributed by atoms with Gasteiger partial charge >= 0.3 is 0 Å². The van der Waals surface area contributed by atoms with Crippen LogP contribution in [-0.2, 0) is 6.54 Å². The van der Waals surface area contributed by atoms with E-state index in [9.17, 15) is 9.59 Å². The number of benzene rings is 1. The number of nitrogens with one attached hydrogen (secondary N) is 3. The Bertz CT molecular complexity index is 985. The summed E-state index contributed by atoms with van der Waals surface area (Å²) in [4.78, 5) is 30.3. The first-order valence-electron chi connectivity index (χ1n) is 8.21. The second kappa shape index (κ2) is 6.84. The summed E-state index contributed by atoms with van der Waals surface area (Å²) in [6.45, 7) is 6.38. The highest BCUT2D eigenvalue weighted by Gasteiger charge is 2.12. The fraction of sp³-hybridized carbons (Fsp3) is 0.263. The second-order valence-corrected chi connectivity index (χ2v) is 5.99. The fourth-order valence-corrected chi connectivity index (χ4v) is 2.85. The Morgan fingerprint density at radius 2 is 1.96 bits per heavy atom. The van der Waals surface area contributed by atoms with Crippen LogP contribution in [0.4, 0.5) is 0 Å². The summed E-state index contributed by atoms with van der Waals surface area (Å²) in [6.07, 6.45) is 0. The minimum absolute atomic E-state index is 0.171. The third-order valence-corrected chi connectivity index (χ3v) is 4.07. The number of ether oxygens (including phenoxy) is 1. The van der Waals surface area contributed by atoms with Crippen molar-refractivity contribution in [2.45, 2.75) is 27.3 Å². The van der Waals surface area contributed by atoms with Crippen LogP contribution in [0.2, 0.25) is 0 Å². The lowest BCUT2D eigenvalue weighted by molar-refractivity contribution is 0.0946. The molecule has 0 bridgehead atoms. The van der Waals surface area contributed by atoms with Crippen molar-refractivity contribution >= 4 is 16.8 Å². The summed E-state index contributed by atoms with van der Waals surface area (Å²) in [5.41, 5.74) is 3.34. The predicted molar refractivity (Wildman–Crippen MR) is 97.2 cm³/mol. The first-order chi connectivity index (χ1) is 12.0. The molecule has 0 aliphatic carbocycles. The van der Waals surface area contributed by atoms with Crippen molar-refractivity contribution in [3.8, 4) is 5.75 Å². The highest BCUT2D eigenvalue weighted by Crippen LogP contribution is 2.21. The quantitative estimate of drug-likeness (QED) is 0.668. The number of carbonyl (C=O) groups excluding carboxylic acids is 1. The Hall–Kier alpha value is -3.02. The molecule has 3 aromatic rings. The Labute approximate surface area is 145 Å². The summed E-state index contributed by atoms with van der Waals surface area (Å²) in [6, 6.07) is 9.32. The van der Waals surface area contributed by atoms with Crippen LogP contribution in [0, 0.1) is 13.8 Å². The third-order valence-electron chi connectivity index (χ3n) is 4.07. The highest BCUT2D eigenvalue weighted by atomic mass is 16.5. The number of aryl methyl sites for hydroxylation is 2. The van der Waals surface area contributed by atoms with Crippen molar-refractivity contribution < 1.29 is 9.53 Å². The van der Waals surface area contributed by atoms with E-state index in [4.69, 9.17) is 4.74 Å². The molecule has 0 saturated carbocycles. The van der Waals surface area contributed by atoms with Crippen LogP contribution < -0.4 is 15.6 Å². The molecule has 1 amide bonds. The molecule has 3 N–H and O–H groups in total. The molecular weight excluding hydrogens is 318 g/mol. The van der Waals surface area contributed by atoms with E-state index < -0.39 is 0 Å². The van der Waals surface area contributed by atoms with E-state index in [1.165, 1.54) is 0 Å². The van der Waals surface area contributed by atoms with E-state index >= 15 is 0 Å². The summed E-state index contributed by atoms with van der Waals surface area (Å²) in [5, 5.41) is 3.72. The van der Waals surface area contributed by atoms with Gasteiger partial charge < -0.3 is 20.0 Å². The van der Waals surface area contributed by atoms with Gasteiger partial charge in [-0.1, -0.05) is 0 Å². The van der Waals surface area contributed by atoms with Crippen molar-refractivity contribution in [1.29, 1.82) is 0 Å². The number of rotatable bonds is 5. The van der Waals surface area contributed by atoms with Gasteiger partial charge in [0.1, 0.15) is 11.4 Å². The van der Waals surface area contributed by atoms with Crippen molar-refractivity contribution in [2.75, 3.05) is 6.61 Å². The maximum atomic E-state index is 12.4. The van der Waals surface area contributed by atoms with Gasteiger partial charge in [0.15, 0.2) is 0 Å². The number of pyridine rings is 1. The van der Waals surface area contributed by atoms with Gasteiger partial charge in [0.25, 0.3) is 11.5 Å². The van der Waals surface area contributed by atoms with Crippen LogP contribution in [0.1, 0.15) is 34.2 Å². The molecule has 25 heavy (non-hydrogen) atoms. The summed E-state index contributed by atoms with van der Waals surface area (Å²) in [7, 11) is 0. The molecule has 6 heteroatoms. The monoisotopic (exact) mass is 339 g/mol. The number of amides is 1. The molecule has 0 aliphatic rings. The van der Waals surface area contributed by atoms with Gasteiger partial charge in [0.05, 0.1) is 6.61 Å². The van der Waals surface area contributed by atoms with Gasteiger partial charge in [-0.2, -0.15) is 0 Å². The van der Waals surface area contributed by atoms with E-state index in [0.29, 0.717) is 17.9 Å². The molecule has 2 aromatic heterocycles. The Morgan fingerprint density at radius 3 is 2.68 bits per heavy atom. The zero-order chi connectivity index (χ0) is 18.0. The number of hydrogen-bond acceptors (Lipinski definition) is 3. The third kappa shape index (κ3) is 3.57. The maximum absolute atomic E-state index is 12.4. The molecular formula is C19H21N3O3. The Kier molecular flexibility index (Phi) is 4.61. The molecule has 2 heterocycles. The smallest absolute Gasteiger partial charge is 0.268 e. The molecule has 1 aromatic carbocycles. The minimum Gasteiger partial charge on any atom is -0.494 e. The molecule has 0 radical (unpaired) electrons. The number of fused-ring (bicyclic) bond motifs is 1. The largest absolute Gasteiger partial charge is 0.494 e. The zero-order valence-corrected chi connectivity index (χ0v) is 14.5. The van der Waals surface area contributed by atoms with Crippen molar-refractivity contribution in [1.82, 2.24) is 15.3 Å². The van der Waals surface area contributed by atoms with Gasteiger partial charge in [-0.15, -0.1) is 0 Å². The van der Waals surface area contributed by atoms with Crippen LogP contribution in [0.25, 0.3) is 10.9 Å². The van der Waals surface area contributed by atoms with Crippen LogP contribution in [0.3, 0.4) is 0 Å². The molecule has 0 spiro atoms. The maximum Gasteiger partial charge on any atom is 0.268 e. The van der Waals surface area contributed by atoms with E-state index in [-0.39, 0.29) is 18.0 Å². The number of aromatic nitrogens is 2. The first-order valence-corrected chi connectivity index (χ1v) is 8.21. The normalized spacial score (nSPS) is 10.8. The Morgan fingerprint density at radius 1 is 1.16 bits per heavy atom. The van der Waals surface area contributed by atoms with E-state index in [0.717, 1.165) is 27.9 Å². The second-order valence-electron chi connectivity index (χ2n) is 5.99. The highest BCUT2D eigenvalue weighted by molar-refractivity contribution is 5.98. The lowest BCUT2D eigenvalue weighted by Crippen LogP contribution is -2.28. The standard InChI is InChI=1S/C19H21N3O3/c1-4-25-14-6-5-13-8-17(22-16(13)9-14)19(24)20-10-15-11(2)7-12(3)21-18(15)23/h5-9,22H,4,10H2,1-3H3,(H,20,24)(H,21,23).